The van der Waals surface area contributed by atoms with E-state index in [-0.39, 0.29) is 5.91 Å². The van der Waals surface area contributed by atoms with Gasteiger partial charge in [0.25, 0.3) is 5.91 Å². The van der Waals surface area contributed by atoms with Crippen molar-refractivity contribution in [3.8, 4) is 0 Å². The molecule has 1 aromatic heterocycles. The molecule has 0 aliphatic carbocycles. The number of aromatic nitrogens is 1. The molecule has 19 heavy (non-hydrogen) atoms. The molecule has 0 aromatic carbocycles. The van der Waals surface area contributed by atoms with Crippen molar-refractivity contribution in [3.63, 3.8) is 0 Å². The second-order valence-electron chi connectivity index (χ2n) is 5.25. The largest absolute Gasteiger partial charge is 0.337 e. The lowest BCUT2D eigenvalue weighted by atomic mass is 10.0. The molecule has 5 nitrogen and oxygen atoms in total. The highest BCUT2D eigenvalue weighted by Gasteiger charge is 2.25. The smallest absolute Gasteiger partial charge is 0.254 e. The number of hydrogen-bond donors (Lipinski definition) is 1. The molecule has 1 amide bonds. The number of carbonyl (C=O) groups is 1. The molecule has 2 rings (SSSR count). The number of piperidine rings is 1. The zero-order chi connectivity index (χ0) is 13.8. The number of nitrogens with zero attached hydrogens (tertiary/aromatic N) is 3. The summed E-state index contributed by atoms with van der Waals surface area (Å²) in [5.74, 6) is 0.0867. The van der Waals surface area contributed by atoms with Crippen LogP contribution in [0.4, 0.5) is 0 Å². The highest BCUT2D eigenvalue weighted by Crippen LogP contribution is 2.16. The molecule has 1 fully saturated rings. The molecule has 1 aliphatic rings. The molecule has 0 spiro atoms. The van der Waals surface area contributed by atoms with Crippen LogP contribution >= 0.6 is 0 Å². The van der Waals surface area contributed by atoms with Gasteiger partial charge >= 0.3 is 0 Å². The number of carbonyl (C=O) groups excluding carboxylic acids is 1. The number of nitrogens with two attached hydrogens (primary N) is 1. The predicted molar refractivity (Wildman–Crippen MR) is 74.7 cm³/mol. The van der Waals surface area contributed by atoms with E-state index in [4.69, 9.17) is 5.73 Å². The van der Waals surface area contributed by atoms with Gasteiger partial charge in [0.1, 0.15) is 0 Å². The summed E-state index contributed by atoms with van der Waals surface area (Å²) in [4.78, 5) is 20.7. The van der Waals surface area contributed by atoms with Crippen LogP contribution in [0.5, 0.6) is 0 Å². The van der Waals surface area contributed by atoms with E-state index in [2.05, 4.69) is 24.0 Å². The fraction of sp³-hybridized carbons (Fsp3) is 0.571. The van der Waals surface area contributed by atoms with Crippen LogP contribution in [0.15, 0.2) is 18.3 Å². The first-order valence-corrected chi connectivity index (χ1v) is 6.72. The molecule has 0 radical (unpaired) electrons. The van der Waals surface area contributed by atoms with Gasteiger partial charge in [0.15, 0.2) is 0 Å². The van der Waals surface area contributed by atoms with Crippen molar-refractivity contribution in [2.45, 2.75) is 25.4 Å². The third kappa shape index (κ3) is 3.30. The highest BCUT2D eigenvalue weighted by molar-refractivity contribution is 5.94. The topological polar surface area (TPSA) is 62.5 Å². The summed E-state index contributed by atoms with van der Waals surface area (Å²) < 4.78 is 0. The molecular formula is C14H22N4O. The van der Waals surface area contributed by atoms with Gasteiger partial charge < -0.3 is 15.5 Å². The lowest BCUT2D eigenvalue weighted by molar-refractivity contribution is 0.0635. The lowest BCUT2D eigenvalue weighted by Crippen LogP contribution is -2.47. The Balaban J connectivity index is 2.10. The average Bonchev–Trinajstić information content (AvgIpc) is 2.46. The SMILES string of the molecule is CN(C)C1CCCN(C(=O)c2ccnc(CN)c2)C1. The molecule has 0 saturated carbocycles. The van der Waals surface area contributed by atoms with E-state index >= 15 is 0 Å². The van der Waals surface area contributed by atoms with Crippen LogP contribution in [0.1, 0.15) is 28.9 Å². The second kappa shape index (κ2) is 6.12. The van der Waals surface area contributed by atoms with Crippen molar-refractivity contribution >= 4 is 5.91 Å². The maximum atomic E-state index is 12.5. The van der Waals surface area contributed by atoms with Crippen molar-refractivity contribution in [2.75, 3.05) is 27.2 Å². The lowest BCUT2D eigenvalue weighted by Gasteiger charge is -2.36. The Morgan fingerprint density at radius 2 is 2.37 bits per heavy atom. The molecule has 1 unspecified atom stereocenters. The maximum Gasteiger partial charge on any atom is 0.254 e. The summed E-state index contributed by atoms with van der Waals surface area (Å²) >= 11 is 0. The summed E-state index contributed by atoms with van der Waals surface area (Å²) in [6.07, 6.45) is 3.87. The Hall–Kier alpha value is -1.46. The van der Waals surface area contributed by atoms with Gasteiger partial charge in [-0.2, -0.15) is 0 Å². The molecule has 2 N–H and O–H groups in total. The van der Waals surface area contributed by atoms with Crippen LogP contribution < -0.4 is 5.73 Å². The Bertz CT molecular complexity index is 447. The first-order chi connectivity index (χ1) is 9.11. The summed E-state index contributed by atoms with van der Waals surface area (Å²) in [6.45, 7) is 2.00. The second-order valence-corrected chi connectivity index (χ2v) is 5.25. The van der Waals surface area contributed by atoms with E-state index in [1.807, 2.05) is 4.90 Å². The summed E-state index contributed by atoms with van der Waals surface area (Å²) in [6, 6.07) is 4.01. The molecule has 1 aromatic rings. The molecule has 5 heteroatoms. The summed E-state index contributed by atoms with van der Waals surface area (Å²) in [5, 5.41) is 0. The Morgan fingerprint density at radius 1 is 1.58 bits per heavy atom. The zero-order valence-corrected chi connectivity index (χ0v) is 11.7. The Labute approximate surface area is 114 Å². The van der Waals surface area contributed by atoms with Crippen molar-refractivity contribution in [2.24, 2.45) is 5.73 Å². The van der Waals surface area contributed by atoms with Gasteiger partial charge in [0.2, 0.25) is 0 Å². The van der Waals surface area contributed by atoms with Crippen LogP contribution in [0.3, 0.4) is 0 Å². The number of likely N-dealkylation sites (N-methyl/N-ethyl adjacent to an activating group) is 1. The van der Waals surface area contributed by atoms with Crippen LogP contribution in [0, 0.1) is 0 Å². The van der Waals surface area contributed by atoms with Gasteiger partial charge in [-0.25, -0.2) is 0 Å². The first kappa shape index (κ1) is 14.0. The maximum absolute atomic E-state index is 12.5. The minimum absolute atomic E-state index is 0.0867. The molecule has 104 valence electrons. The van der Waals surface area contributed by atoms with Gasteiger partial charge in [-0.1, -0.05) is 0 Å². The molecule has 1 aliphatic heterocycles. The minimum Gasteiger partial charge on any atom is -0.337 e. The molecular weight excluding hydrogens is 240 g/mol. The van der Waals surface area contributed by atoms with Gasteiger partial charge in [-0.3, -0.25) is 9.78 Å². The number of pyridine rings is 1. The fourth-order valence-electron chi connectivity index (χ4n) is 2.47. The van der Waals surface area contributed by atoms with Crippen LogP contribution in [0.2, 0.25) is 0 Å². The van der Waals surface area contributed by atoms with Crippen molar-refractivity contribution in [3.05, 3.63) is 29.6 Å². The van der Waals surface area contributed by atoms with Crippen molar-refractivity contribution in [1.29, 1.82) is 0 Å². The van der Waals surface area contributed by atoms with Gasteiger partial charge in [-0.15, -0.1) is 0 Å². The first-order valence-electron chi connectivity index (χ1n) is 6.72. The van der Waals surface area contributed by atoms with E-state index in [0.717, 1.165) is 31.6 Å². The number of likely N-dealkylation sites (tertiary alicyclic amines) is 1. The standard InChI is InChI=1S/C14H22N4O/c1-17(2)13-4-3-7-18(10-13)14(19)11-5-6-16-12(8-11)9-15/h5-6,8,13H,3-4,7,9-10,15H2,1-2H3. The number of amides is 1. The monoisotopic (exact) mass is 262 g/mol. The predicted octanol–water partition coefficient (Wildman–Crippen LogP) is 0.707. The van der Waals surface area contributed by atoms with Gasteiger partial charge in [0.05, 0.1) is 5.69 Å². The summed E-state index contributed by atoms with van der Waals surface area (Å²) in [5.41, 5.74) is 7.01. The zero-order valence-electron chi connectivity index (χ0n) is 11.7. The van der Waals surface area contributed by atoms with Crippen molar-refractivity contribution < 1.29 is 4.79 Å². The fourth-order valence-corrected chi connectivity index (χ4v) is 2.47. The van der Waals surface area contributed by atoms with Crippen LogP contribution in [-0.4, -0.2) is 53.9 Å². The van der Waals surface area contributed by atoms with Crippen LogP contribution in [-0.2, 0) is 6.54 Å². The third-order valence-corrected chi connectivity index (χ3v) is 3.69. The Kier molecular flexibility index (Phi) is 4.50. The molecule has 1 atom stereocenters. The average molecular weight is 262 g/mol. The van der Waals surface area contributed by atoms with E-state index < -0.39 is 0 Å². The molecule has 0 bridgehead atoms. The van der Waals surface area contributed by atoms with E-state index in [1.54, 1.807) is 18.3 Å². The number of rotatable bonds is 3. The molecule has 1 saturated heterocycles. The van der Waals surface area contributed by atoms with Gasteiger partial charge in [0, 0.05) is 37.4 Å². The van der Waals surface area contributed by atoms with E-state index in [9.17, 15) is 4.79 Å². The summed E-state index contributed by atoms with van der Waals surface area (Å²) in [7, 11) is 4.13. The minimum atomic E-state index is 0.0867. The number of hydrogen-bond acceptors (Lipinski definition) is 4. The van der Waals surface area contributed by atoms with Gasteiger partial charge in [-0.05, 0) is 39.1 Å². The van der Waals surface area contributed by atoms with Crippen molar-refractivity contribution in [1.82, 2.24) is 14.8 Å². The van der Waals surface area contributed by atoms with E-state index in [1.165, 1.54) is 0 Å². The third-order valence-electron chi connectivity index (χ3n) is 3.69. The van der Waals surface area contributed by atoms with E-state index in [0.29, 0.717) is 18.2 Å². The van der Waals surface area contributed by atoms with Crippen LogP contribution in [0.25, 0.3) is 0 Å². The normalized spacial score (nSPS) is 19.8. The molecule has 2 heterocycles. The Morgan fingerprint density at radius 3 is 3.05 bits per heavy atom. The highest BCUT2D eigenvalue weighted by atomic mass is 16.2. The quantitative estimate of drug-likeness (QED) is 0.871.